The minimum atomic E-state index is 0.766. The van der Waals surface area contributed by atoms with Crippen LogP contribution in [0.4, 0.5) is 0 Å². The number of morpholine rings is 1. The fourth-order valence-electron chi connectivity index (χ4n) is 3.07. The number of hydrogen-bond acceptors (Lipinski definition) is 3. The van der Waals surface area contributed by atoms with Crippen LogP contribution in [-0.4, -0.2) is 49.3 Å². The molecule has 0 spiro atoms. The molecular formula is C10H18N2O. The molecule has 0 aromatic heterocycles. The molecule has 3 aliphatic heterocycles. The number of ether oxygens (including phenoxy) is 1. The number of piperidine rings is 1. The second-order valence-corrected chi connectivity index (χ2v) is 4.51. The van der Waals surface area contributed by atoms with E-state index >= 15 is 0 Å². The van der Waals surface area contributed by atoms with Gasteiger partial charge in [0.2, 0.25) is 0 Å². The number of nitrogens with one attached hydrogen (secondary N) is 1. The van der Waals surface area contributed by atoms with Crippen molar-refractivity contribution in [1.82, 2.24) is 10.2 Å². The second-order valence-electron chi connectivity index (χ2n) is 4.51. The maximum absolute atomic E-state index is 5.50. The highest BCUT2D eigenvalue weighted by atomic mass is 16.5. The van der Waals surface area contributed by atoms with Crippen molar-refractivity contribution in [2.24, 2.45) is 0 Å². The Kier molecular flexibility index (Phi) is 2.04. The average molecular weight is 182 g/mol. The molecule has 3 rings (SSSR count). The predicted molar refractivity (Wildman–Crippen MR) is 50.7 cm³/mol. The van der Waals surface area contributed by atoms with Crippen molar-refractivity contribution in [1.29, 1.82) is 0 Å². The van der Waals surface area contributed by atoms with Crippen molar-refractivity contribution in [3.63, 3.8) is 0 Å². The van der Waals surface area contributed by atoms with Crippen LogP contribution in [-0.2, 0) is 4.74 Å². The molecule has 0 saturated carbocycles. The highest BCUT2D eigenvalue weighted by Crippen LogP contribution is 2.35. The molecule has 3 heteroatoms. The summed E-state index contributed by atoms with van der Waals surface area (Å²) in [6.45, 7) is 4.39. The van der Waals surface area contributed by atoms with Gasteiger partial charge in [-0.3, -0.25) is 4.90 Å². The van der Waals surface area contributed by atoms with Gasteiger partial charge in [-0.2, -0.15) is 0 Å². The number of rotatable bonds is 1. The molecule has 13 heavy (non-hydrogen) atoms. The summed E-state index contributed by atoms with van der Waals surface area (Å²) in [4.78, 5) is 2.73. The Morgan fingerprint density at radius 3 is 2.31 bits per heavy atom. The van der Waals surface area contributed by atoms with Gasteiger partial charge in [-0.05, 0) is 32.4 Å². The summed E-state index contributed by atoms with van der Waals surface area (Å²) in [5, 5.41) is 3.43. The molecule has 0 unspecified atom stereocenters. The van der Waals surface area contributed by atoms with Crippen LogP contribution in [0.1, 0.15) is 19.3 Å². The lowest BCUT2D eigenvalue weighted by Gasteiger charge is -2.56. The largest absolute Gasteiger partial charge is 0.378 e. The Labute approximate surface area is 79.4 Å². The first kappa shape index (κ1) is 8.21. The van der Waals surface area contributed by atoms with Crippen LogP contribution in [0.15, 0.2) is 0 Å². The Balaban J connectivity index is 1.64. The van der Waals surface area contributed by atoms with Crippen molar-refractivity contribution in [2.75, 3.05) is 26.3 Å². The van der Waals surface area contributed by atoms with E-state index in [0.717, 1.165) is 31.3 Å². The molecule has 3 fully saturated rings. The summed E-state index contributed by atoms with van der Waals surface area (Å²) >= 11 is 0. The fourth-order valence-corrected chi connectivity index (χ4v) is 3.07. The lowest BCUT2D eigenvalue weighted by molar-refractivity contribution is -0.150. The Morgan fingerprint density at radius 2 is 1.69 bits per heavy atom. The molecule has 3 heterocycles. The molecule has 0 aromatic rings. The van der Waals surface area contributed by atoms with Crippen LogP contribution in [0.2, 0.25) is 0 Å². The minimum Gasteiger partial charge on any atom is -0.378 e. The minimum absolute atomic E-state index is 0.766. The molecule has 0 radical (unpaired) electrons. The van der Waals surface area contributed by atoms with Gasteiger partial charge in [0.15, 0.2) is 0 Å². The van der Waals surface area contributed by atoms with Crippen molar-refractivity contribution in [3.8, 4) is 0 Å². The molecule has 0 aliphatic carbocycles. The van der Waals surface area contributed by atoms with Crippen LogP contribution in [0.3, 0.4) is 0 Å². The van der Waals surface area contributed by atoms with Crippen LogP contribution in [0.5, 0.6) is 0 Å². The van der Waals surface area contributed by atoms with Crippen LogP contribution < -0.4 is 5.32 Å². The summed E-state index contributed by atoms with van der Waals surface area (Å²) < 4.78 is 5.50. The predicted octanol–water partition coefficient (Wildman–Crippen LogP) is 0.211. The van der Waals surface area contributed by atoms with Gasteiger partial charge in [0.1, 0.15) is 0 Å². The van der Waals surface area contributed by atoms with Crippen LogP contribution in [0.25, 0.3) is 0 Å². The van der Waals surface area contributed by atoms with Crippen LogP contribution >= 0.6 is 0 Å². The lowest BCUT2D eigenvalue weighted by Crippen LogP contribution is -2.67. The standard InChI is InChI=1S/C10H18N2O/c1-3-11-4-2-8(1)12-9-5-10(12)7-13-6-9/h8-11H,1-7H2/t9-,10-/m1/s1. The first-order valence-electron chi connectivity index (χ1n) is 5.51. The summed E-state index contributed by atoms with van der Waals surface area (Å²) in [6.07, 6.45) is 4.07. The first-order chi connectivity index (χ1) is 6.45. The van der Waals surface area contributed by atoms with E-state index in [2.05, 4.69) is 10.2 Å². The third kappa shape index (κ3) is 1.30. The zero-order valence-electron chi connectivity index (χ0n) is 8.04. The molecule has 0 amide bonds. The van der Waals surface area contributed by atoms with Gasteiger partial charge in [0, 0.05) is 18.1 Å². The van der Waals surface area contributed by atoms with E-state index in [4.69, 9.17) is 4.74 Å². The number of fused-ring (bicyclic) bond motifs is 2. The number of nitrogens with zero attached hydrogens (tertiary/aromatic N) is 1. The van der Waals surface area contributed by atoms with Gasteiger partial charge in [0.05, 0.1) is 13.2 Å². The molecule has 0 aromatic carbocycles. The summed E-state index contributed by atoms with van der Waals surface area (Å²) in [5.74, 6) is 0. The first-order valence-corrected chi connectivity index (χ1v) is 5.51. The average Bonchev–Trinajstić information content (AvgIpc) is 2.20. The molecular weight excluding hydrogens is 164 g/mol. The summed E-state index contributed by atoms with van der Waals surface area (Å²) in [6, 6.07) is 2.39. The maximum Gasteiger partial charge on any atom is 0.0623 e. The fraction of sp³-hybridized carbons (Fsp3) is 1.00. The van der Waals surface area contributed by atoms with Gasteiger partial charge < -0.3 is 10.1 Å². The molecule has 2 atom stereocenters. The van der Waals surface area contributed by atoms with Crippen LogP contribution in [0, 0.1) is 0 Å². The quantitative estimate of drug-likeness (QED) is 0.627. The van der Waals surface area contributed by atoms with Gasteiger partial charge in [-0.25, -0.2) is 0 Å². The van der Waals surface area contributed by atoms with Crippen molar-refractivity contribution in [3.05, 3.63) is 0 Å². The Morgan fingerprint density at radius 1 is 1.00 bits per heavy atom. The highest BCUT2D eigenvalue weighted by Gasteiger charge is 2.45. The van der Waals surface area contributed by atoms with E-state index in [1.165, 1.54) is 32.4 Å². The van der Waals surface area contributed by atoms with Gasteiger partial charge in [0.25, 0.3) is 0 Å². The van der Waals surface area contributed by atoms with Gasteiger partial charge in [-0.15, -0.1) is 0 Å². The summed E-state index contributed by atoms with van der Waals surface area (Å²) in [7, 11) is 0. The third-order valence-electron chi connectivity index (χ3n) is 3.74. The SMILES string of the molecule is C1CC(N2[C@H]3COC[C@H]2C3)CCN1. The topological polar surface area (TPSA) is 24.5 Å². The van der Waals surface area contributed by atoms with Gasteiger partial charge >= 0.3 is 0 Å². The smallest absolute Gasteiger partial charge is 0.0623 e. The zero-order valence-corrected chi connectivity index (χ0v) is 8.04. The molecule has 74 valence electrons. The highest BCUT2D eigenvalue weighted by molar-refractivity contribution is 5.00. The molecule has 2 bridgehead atoms. The Bertz CT molecular complexity index is 177. The molecule has 3 aliphatic rings. The monoisotopic (exact) mass is 182 g/mol. The van der Waals surface area contributed by atoms with Gasteiger partial charge in [-0.1, -0.05) is 0 Å². The van der Waals surface area contributed by atoms with E-state index in [1.807, 2.05) is 0 Å². The lowest BCUT2D eigenvalue weighted by atomic mass is 9.86. The summed E-state index contributed by atoms with van der Waals surface area (Å²) in [5.41, 5.74) is 0. The number of hydrogen-bond donors (Lipinski definition) is 1. The van der Waals surface area contributed by atoms with Crippen molar-refractivity contribution in [2.45, 2.75) is 37.4 Å². The van der Waals surface area contributed by atoms with E-state index in [9.17, 15) is 0 Å². The van der Waals surface area contributed by atoms with E-state index in [0.29, 0.717) is 0 Å². The normalized spacial score (nSPS) is 41.5. The molecule has 1 N–H and O–H groups in total. The van der Waals surface area contributed by atoms with E-state index < -0.39 is 0 Å². The third-order valence-corrected chi connectivity index (χ3v) is 3.74. The zero-order chi connectivity index (χ0) is 8.67. The van der Waals surface area contributed by atoms with Crippen molar-refractivity contribution < 1.29 is 4.74 Å². The van der Waals surface area contributed by atoms with E-state index in [1.54, 1.807) is 0 Å². The second kappa shape index (κ2) is 3.23. The maximum atomic E-state index is 5.50. The Hall–Kier alpha value is -0.120. The van der Waals surface area contributed by atoms with E-state index in [-0.39, 0.29) is 0 Å². The van der Waals surface area contributed by atoms with Crippen molar-refractivity contribution >= 4 is 0 Å². The molecule has 3 saturated heterocycles. The molecule has 3 nitrogen and oxygen atoms in total.